The van der Waals surface area contributed by atoms with Gasteiger partial charge in [-0.25, -0.2) is 4.79 Å². The molecule has 0 heterocycles. The lowest BCUT2D eigenvalue weighted by Crippen LogP contribution is -2.20. The Balaban J connectivity index is 0. The minimum atomic E-state index is -0.324. The molecule has 0 amide bonds. The first-order chi connectivity index (χ1) is 6.07. The van der Waals surface area contributed by atoms with Crippen molar-refractivity contribution < 1.29 is 9.53 Å². The van der Waals surface area contributed by atoms with Crippen LogP contribution in [0.3, 0.4) is 0 Å². The number of halogens is 1. The number of nitrogens with zero attached hydrogens (tertiary/aromatic N) is 1. The van der Waals surface area contributed by atoms with Crippen LogP contribution in [0.1, 0.15) is 12.8 Å². The lowest BCUT2D eigenvalue weighted by Gasteiger charge is -2.10. The fourth-order valence-corrected chi connectivity index (χ4v) is 0.668. The molecule has 0 saturated heterocycles. The van der Waals surface area contributed by atoms with E-state index in [-0.39, 0.29) is 23.0 Å². The van der Waals surface area contributed by atoms with Crippen LogP contribution in [0.25, 0.3) is 0 Å². The van der Waals surface area contributed by atoms with Gasteiger partial charge in [-0.2, -0.15) is 0 Å². The van der Waals surface area contributed by atoms with Gasteiger partial charge < -0.3 is 4.74 Å². The third-order valence-corrected chi connectivity index (χ3v) is 1.39. The normalized spacial score (nSPS) is 9.07. The highest BCUT2D eigenvalue weighted by Gasteiger charge is 2.07. The second-order valence-corrected chi connectivity index (χ2v) is 3.07. The van der Waals surface area contributed by atoms with Crippen molar-refractivity contribution in [1.82, 2.24) is 4.90 Å². The number of allylic oxidation sites excluding steroid dienone is 1. The summed E-state index contributed by atoms with van der Waals surface area (Å²) in [7, 11) is 3.67. The number of carbonyl (C=O) groups is 1. The molecule has 0 fully saturated rings. The van der Waals surface area contributed by atoms with Gasteiger partial charge >= 0.3 is 5.97 Å². The van der Waals surface area contributed by atoms with Crippen LogP contribution in [0.4, 0.5) is 0 Å². The van der Waals surface area contributed by atoms with Gasteiger partial charge in [-0.05, 0) is 26.9 Å². The molecule has 0 atom stereocenters. The molecule has 0 rings (SSSR count). The largest absolute Gasteiger partial charge is 0.446 e. The smallest absolute Gasteiger partial charge is 0.334 e. The topological polar surface area (TPSA) is 29.5 Å². The van der Waals surface area contributed by atoms with Crippen molar-refractivity contribution in [2.24, 2.45) is 0 Å². The van der Waals surface area contributed by atoms with Crippen molar-refractivity contribution in [3.8, 4) is 0 Å². The zero-order valence-corrected chi connectivity index (χ0v) is 10.5. The molecule has 0 bridgehead atoms. The number of carbonyl (C=O) groups excluding carboxylic acids is 1. The van der Waals surface area contributed by atoms with Crippen LogP contribution in [0, 0.1) is 0 Å². The van der Waals surface area contributed by atoms with E-state index in [9.17, 15) is 4.79 Å². The van der Waals surface area contributed by atoms with E-state index in [0.29, 0.717) is 18.7 Å². The maximum Gasteiger partial charge on any atom is 0.334 e. The Bertz CT molecular complexity index is 202. The molecule has 3 nitrogen and oxygen atoms in total. The second kappa shape index (κ2) is 8.97. The Hall–Kier alpha value is -0.610. The maximum atomic E-state index is 11.2. The first-order valence-corrected chi connectivity index (χ1v) is 4.18. The summed E-state index contributed by atoms with van der Waals surface area (Å²) in [6.45, 7) is 7.49. The van der Waals surface area contributed by atoms with E-state index in [2.05, 4.69) is 13.2 Å². The summed E-state index contributed by atoms with van der Waals surface area (Å²) >= 11 is 0. The Kier molecular flexibility index (Phi) is 10.1. The molecule has 0 aliphatic rings. The van der Waals surface area contributed by atoms with Crippen LogP contribution >= 0.6 is 17.0 Å². The van der Waals surface area contributed by atoms with E-state index in [1.807, 2.05) is 14.1 Å². The summed E-state index contributed by atoms with van der Waals surface area (Å²) in [4.78, 5) is 12.9. The molecule has 0 unspecified atom stereocenters. The number of rotatable bonds is 6. The molecule has 14 heavy (non-hydrogen) atoms. The molecular weight excluding hydrogens is 246 g/mol. The number of hydrogen-bond acceptors (Lipinski definition) is 3. The van der Waals surface area contributed by atoms with Crippen molar-refractivity contribution in [3.63, 3.8) is 0 Å². The van der Waals surface area contributed by atoms with Gasteiger partial charge in [-0.15, -0.1) is 23.6 Å². The van der Waals surface area contributed by atoms with Crippen LogP contribution in [0.5, 0.6) is 0 Å². The van der Waals surface area contributed by atoms with Gasteiger partial charge in [0.1, 0.15) is 6.73 Å². The summed E-state index contributed by atoms with van der Waals surface area (Å²) in [5.41, 5.74) is 0.502. The van der Waals surface area contributed by atoms with E-state index in [0.717, 1.165) is 6.42 Å². The Morgan fingerprint density at radius 3 is 2.50 bits per heavy atom. The Labute approximate surface area is 96.2 Å². The summed E-state index contributed by atoms with van der Waals surface area (Å²) in [6, 6.07) is 0. The fourth-order valence-electron chi connectivity index (χ4n) is 0.668. The monoisotopic (exact) mass is 263 g/mol. The minimum absolute atomic E-state index is 0. The fraction of sp³-hybridized carbons (Fsp3) is 0.500. The number of hydrogen-bond donors (Lipinski definition) is 0. The Morgan fingerprint density at radius 1 is 1.50 bits per heavy atom. The second-order valence-electron chi connectivity index (χ2n) is 3.07. The highest BCUT2D eigenvalue weighted by Crippen LogP contribution is 2.04. The van der Waals surface area contributed by atoms with Crippen LogP contribution < -0.4 is 0 Å². The molecule has 0 aliphatic carbocycles. The van der Waals surface area contributed by atoms with Gasteiger partial charge in [0, 0.05) is 5.57 Å². The van der Waals surface area contributed by atoms with Gasteiger partial charge in [0.15, 0.2) is 0 Å². The van der Waals surface area contributed by atoms with Crippen LogP contribution in [0.15, 0.2) is 24.8 Å². The third kappa shape index (κ3) is 8.01. The van der Waals surface area contributed by atoms with Crippen LogP contribution in [-0.2, 0) is 9.53 Å². The zero-order valence-electron chi connectivity index (χ0n) is 8.78. The molecule has 0 aromatic carbocycles. The van der Waals surface area contributed by atoms with E-state index in [1.165, 1.54) is 0 Å². The predicted octanol–water partition coefficient (Wildman–Crippen LogP) is 2.15. The molecule has 0 N–H and O–H groups in total. The van der Waals surface area contributed by atoms with Crippen molar-refractivity contribution in [2.45, 2.75) is 12.8 Å². The molecule has 0 aromatic rings. The van der Waals surface area contributed by atoms with Gasteiger partial charge in [0.25, 0.3) is 0 Å². The van der Waals surface area contributed by atoms with E-state index < -0.39 is 0 Å². The molecule has 0 aliphatic heterocycles. The Morgan fingerprint density at radius 2 is 2.07 bits per heavy atom. The quantitative estimate of drug-likeness (QED) is 0.318. The molecule has 0 aromatic heterocycles. The highest BCUT2D eigenvalue weighted by atomic mass is 79.9. The molecule has 4 heteroatoms. The molecule has 0 spiro atoms. The average molecular weight is 264 g/mol. The average Bonchev–Trinajstić information content (AvgIpc) is 2.10. The number of ether oxygens (including phenoxy) is 1. The van der Waals surface area contributed by atoms with Gasteiger partial charge in [-0.1, -0.05) is 12.7 Å². The van der Waals surface area contributed by atoms with Crippen LogP contribution in [0.2, 0.25) is 0 Å². The van der Waals surface area contributed by atoms with Gasteiger partial charge in [-0.3, -0.25) is 4.90 Å². The molecular formula is C10H18BrNO2. The molecule has 0 radical (unpaired) electrons. The maximum absolute atomic E-state index is 11.2. The van der Waals surface area contributed by atoms with E-state index in [4.69, 9.17) is 4.74 Å². The van der Waals surface area contributed by atoms with E-state index in [1.54, 1.807) is 11.0 Å². The summed E-state index contributed by atoms with van der Waals surface area (Å²) in [6.07, 6.45) is 3.13. The van der Waals surface area contributed by atoms with Gasteiger partial charge in [0.05, 0.1) is 0 Å². The standard InChI is InChI=1S/C10H17NO2.BrH/c1-5-6-7-9(2)10(12)13-8-11(3)4;/h5H,1-2,6-8H2,3-4H3;1H. The third-order valence-electron chi connectivity index (χ3n) is 1.39. The van der Waals surface area contributed by atoms with Crippen molar-refractivity contribution in [2.75, 3.05) is 20.8 Å². The van der Waals surface area contributed by atoms with Crippen molar-refractivity contribution >= 4 is 23.0 Å². The first-order valence-electron chi connectivity index (χ1n) is 4.18. The van der Waals surface area contributed by atoms with Crippen molar-refractivity contribution in [3.05, 3.63) is 24.8 Å². The summed E-state index contributed by atoms with van der Waals surface area (Å²) in [5, 5.41) is 0. The van der Waals surface area contributed by atoms with Crippen molar-refractivity contribution in [1.29, 1.82) is 0 Å². The SMILES string of the molecule is Br.C=CCCC(=C)C(=O)OCN(C)C. The lowest BCUT2D eigenvalue weighted by atomic mass is 10.2. The highest BCUT2D eigenvalue weighted by molar-refractivity contribution is 8.93. The lowest BCUT2D eigenvalue weighted by molar-refractivity contribution is -0.142. The molecule has 82 valence electrons. The minimum Gasteiger partial charge on any atom is -0.446 e. The van der Waals surface area contributed by atoms with E-state index >= 15 is 0 Å². The predicted molar refractivity (Wildman–Crippen MR) is 63.5 cm³/mol. The summed E-state index contributed by atoms with van der Waals surface area (Å²) in [5.74, 6) is -0.324. The zero-order chi connectivity index (χ0) is 10.3. The first kappa shape index (κ1) is 15.8. The van der Waals surface area contributed by atoms with Gasteiger partial charge in [0.2, 0.25) is 0 Å². The van der Waals surface area contributed by atoms with Crippen LogP contribution in [-0.4, -0.2) is 31.7 Å². The summed E-state index contributed by atoms with van der Waals surface area (Å²) < 4.78 is 4.92. The number of esters is 1. The molecule has 0 saturated carbocycles.